The predicted octanol–water partition coefficient (Wildman–Crippen LogP) is 4.46. The Morgan fingerprint density at radius 1 is 0.556 bits per heavy atom. The van der Waals surface area contributed by atoms with Gasteiger partial charge >= 0.3 is 0 Å². The molecule has 3 rings (SSSR count). The number of aliphatic imine (C=N–C) groups is 2. The van der Waals surface area contributed by atoms with Crippen LogP contribution in [-0.2, 0) is 9.59 Å². The lowest BCUT2D eigenvalue weighted by Crippen LogP contribution is -2.22. The second-order valence-electron chi connectivity index (χ2n) is 7.85. The van der Waals surface area contributed by atoms with Gasteiger partial charge in [-0.15, -0.1) is 0 Å². The molecule has 27 heavy (non-hydrogen) atoms. The van der Waals surface area contributed by atoms with Crippen LogP contribution < -0.4 is 5.73 Å². The largest absolute Gasteiger partial charge is 0.328 e. The molecule has 0 atom stereocenters. The van der Waals surface area contributed by atoms with Gasteiger partial charge in [0.25, 0.3) is 0 Å². The van der Waals surface area contributed by atoms with Crippen molar-refractivity contribution >= 4 is 25.0 Å². The van der Waals surface area contributed by atoms with E-state index in [2.05, 4.69) is 9.98 Å². The summed E-state index contributed by atoms with van der Waals surface area (Å²) in [6, 6.07) is 1.71. The lowest BCUT2D eigenvalue weighted by Gasteiger charge is -2.17. The summed E-state index contributed by atoms with van der Waals surface area (Å²) >= 11 is 0. The average molecular weight is 378 g/mol. The quantitative estimate of drug-likeness (QED) is 0.446. The Morgan fingerprint density at radius 3 is 1.15 bits per heavy atom. The lowest BCUT2D eigenvalue weighted by atomic mass is 9.96. The van der Waals surface area contributed by atoms with E-state index in [1.165, 1.54) is 96.3 Å². The average Bonchev–Trinajstić information content (AvgIpc) is 2.74. The van der Waals surface area contributed by atoms with Crippen LogP contribution in [0.3, 0.4) is 0 Å². The van der Waals surface area contributed by atoms with Gasteiger partial charge in [-0.2, -0.15) is 0 Å². The highest BCUT2D eigenvalue weighted by atomic mass is 16.2. The summed E-state index contributed by atoms with van der Waals surface area (Å²) in [4.78, 5) is 26.8. The molecular weight excluding hydrogens is 338 g/mol. The van der Waals surface area contributed by atoms with Crippen molar-refractivity contribution in [2.24, 2.45) is 15.7 Å². The third-order valence-electron chi connectivity index (χ3n) is 5.52. The van der Waals surface area contributed by atoms with Crippen LogP contribution >= 0.6 is 0 Å². The van der Waals surface area contributed by atoms with Crippen LogP contribution in [0.25, 0.3) is 0 Å². The van der Waals surface area contributed by atoms with Crippen molar-refractivity contribution in [3.8, 4) is 0 Å². The van der Waals surface area contributed by atoms with Gasteiger partial charge in [0.1, 0.15) is 0 Å². The van der Waals surface area contributed by atoms with Gasteiger partial charge in [0, 0.05) is 30.6 Å². The summed E-state index contributed by atoms with van der Waals surface area (Å²) in [5.74, 6) is 0. The van der Waals surface area contributed by atoms with Crippen LogP contribution in [0.4, 0.5) is 0 Å². The molecule has 2 N–H and O–H groups in total. The minimum Gasteiger partial charge on any atom is -0.328 e. The highest BCUT2D eigenvalue weighted by Gasteiger charge is 2.11. The fraction of sp³-hybridized carbons (Fsp3) is 0.818. The number of hydrogen-bond donors (Lipinski definition) is 1. The first-order chi connectivity index (χ1) is 13.3. The van der Waals surface area contributed by atoms with Gasteiger partial charge in [-0.1, -0.05) is 57.8 Å². The Kier molecular flexibility index (Phi) is 14.7. The fourth-order valence-corrected chi connectivity index (χ4v) is 3.91. The van der Waals surface area contributed by atoms with Crippen molar-refractivity contribution in [1.82, 2.24) is 0 Å². The summed E-state index contributed by atoms with van der Waals surface area (Å²) in [6.45, 7) is 0. The van der Waals surface area contributed by atoms with Crippen molar-refractivity contribution in [3.05, 3.63) is 0 Å². The number of hydrogen-bond acceptors (Lipinski definition) is 5. The van der Waals surface area contributed by atoms with Crippen LogP contribution in [0, 0.1) is 0 Å². The van der Waals surface area contributed by atoms with E-state index in [0.29, 0.717) is 18.1 Å². The number of carbonyl (C=O) groups excluding carboxylic acids is 2. The molecule has 0 aromatic carbocycles. The zero-order valence-electron chi connectivity index (χ0n) is 16.9. The first kappa shape index (κ1) is 23.7. The van der Waals surface area contributed by atoms with Crippen molar-refractivity contribution in [1.29, 1.82) is 0 Å². The summed E-state index contributed by atoms with van der Waals surface area (Å²) in [5, 5.41) is 0. The normalized spacial score (nSPS) is 22.6. The number of nitrogens with two attached hydrogens (primary N) is 1. The third-order valence-corrected chi connectivity index (χ3v) is 5.52. The topological polar surface area (TPSA) is 84.9 Å². The van der Waals surface area contributed by atoms with Gasteiger partial charge in [-0.05, 0) is 38.5 Å². The SMILES string of the molecule is C(C=NC1CCCCC1)=NC1CCCCC1.NC1CCCCC1.O=CC=O. The maximum absolute atomic E-state index is 8.81. The molecule has 0 aromatic heterocycles. The summed E-state index contributed by atoms with van der Waals surface area (Å²) in [6.07, 6.45) is 24.4. The standard InChI is InChI=1S/C14H24N2.C6H13N.C2H2O2/c1-3-7-13(8-4-1)15-11-12-16-14-9-5-2-6-10-14;7-6-4-2-1-3-5-6;3-1-2-4/h11-14H,1-10H2;6H,1-5,7H2;1-2H. The summed E-state index contributed by atoms with van der Waals surface area (Å²) in [7, 11) is 0. The number of carbonyl (C=O) groups is 2. The van der Waals surface area contributed by atoms with E-state index in [4.69, 9.17) is 15.3 Å². The van der Waals surface area contributed by atoms with Crippen molar-refractivity contribution in [2.45, 2.75) is 114 Å². The number of rotatable bonds is 4. The second kappa shape index (κ2) is 16.8. The van der Waals surface area contributed by atoms with Crippen molar-refractivity contribution in [3.63, 3.8) is 0 Å². The maximum Gasteiger partial charge on any atom is 0.182 e. The zero-order chi connectivity index (χ0) is 19.6. The van der Waals surface area contributed by atoms with Gasteiger partial charge < -0.3 is 5.73 Å². The van der Waals surface area contributed by atoms with E-state index in [0.717, 1.165) is 0 Å². The van der Waals surface area contributed by atoms with Crippen molar-refractivity contribution in [2.75, 3.05) is 0 Å². The molecule has 154 valence electrons. The molecule has 0 unspecified atom stereocenters. The Labute approximate surface area is 165 Å². The van der Waals surface area contributed by atoms with Gasteiger partial charge in [0.05, 0.1) is 0 Å². The third kappa shape index (κ3) is 13.5. The Balaban J connectivity index is 0.000000273. The summed E-state index contributed by atoms with van der Waals surface area (Å²) in [5.41, 5.74) is 5.63. The van der Waals surface area contributed by atoms with Crippen molar-refractivity contribution < 1.29 is 9.59 Å². The zero-order valence-corrected chi connectivity index (χ0v) is 16.9. The van der Waals surface area contributed by atoms with E-state index in [1.807, 2.05) is 12.4 Å². The van der Waals surface area contributed by atoms with E-state index in [-0.39, 0.29) is 12.6 Å². The molecule has 0 saturated heterocycles. The fourth-order valence-electron chi connectivity index (χ4n) is 3.91. The molecule has 0 spiro atoms. The van der Waals surface area contributed by atoms with Gasteiger partial charge in [0.2, 0.25) is 0 Å². The van der Waals surface area contributed by atoms with Crippen LogP contribution in [0.2, 0.25) is 0 Å². The van der Waals surface area contributed by atoms with Gasteiger partial charge in [-0.3, -0.25) is 19.6 Å². The molecule has 5 heteroatoms. The van der Waals surface area contributed by atoms with E-state index in [9.17, 15) is 0 Å². The van der Waals surface area contributed by atoms with E-state index in [1.54, 1.807) is 0 Å². The Hall–Kier alpha value is -1.36. The molecule has 0 bridgehead atoms. The molecule has 0 amide bonds. The molecule has 0 aromatic rings. The molecule has 3 fully saturated rings. The smallest absolute Gasteiger partial charge is 0.182 e. The Bertz CT molecular complexity index is 387. The molecule has 0 radical (unpaired) electrons. The summed E-state index contributed by atoms with van der Waals surface area (Å²) < 4.78 is 0. The van der Waals surface area contributed by atoms with Gasteiger partial charge in [0.15, 0.2) is 12.6 Å². The molecule has 3 aliphatic rings. The first-order valence-corrected chi connectivity index (χ1v) is 11.0. The van der Waals surface area contributed by atoms with E-state index >= 15 is 0 Å². The molecule has 0 heterocycles. The Morgan fingerprint density at radius 2 is 0.889 bits per heavy atom. The minimum atomic E-state index is 0.194. The molecule has 5 nitrogen and oxygen atoms in total. The molecular formula is C22H39N3O2. The van der Waals surface area contributed by atoms with Crippen LogP contribution in [0.15, 0.2) is 9.98 Å². The first-order valence-electron chi connectivity index (χ1n) is 11.0. The number of nitrogens with zero attached hydrogens (tertiary/aromatic N) is 2. The maximum atomic E-state index is 8.81. The minimum absolute atomic E-state index is 0.194. The number of aldehydes is 2. The van der Waals surface area contributed by atoms with E-state index < -0.39 is 0 Å². The van der Waals surface area contributed by atoms with Crippen LogP contribution in [0.5, 0.6) is 0 Å². The monoisotopic (exact) mass is 377 g/mol. The highest BCUT2D eigenvalue weighted by molar-refractivity contribution is 6.16. The second-order valence-corrected chi connectivity index (χ2v) is 7.85. The highest BCUT2D eigenvalue weighted by Crippen LogP contribution is 2.20. The van der Waals surface area contributed by atoms with Gasteiger partial charge in [-0.25, -0.2) is 0 Å². The predicted molar refractivity (Wildman–Crippen MR) is 114 cm³/mol. The lowest BCUT2D eigenvalue weighted by molar-refractivity contribution is -0.122. The van der Waals surface area contributed by atoms with Crippen LogP contribution in [0.1, 0.15) is 96.3 Å². The molecule has 3 aliphatic carbocycles. The molecule has 3 saturated carbocycles. The molecule has 0 aliphatic heterocycles. The van der Waals surface area contributed by atoms with Crippen LogP contribution in [-0.4, -0.2) is 43.1 Å².